The van der Waals surface area contributed by atoms with Gasteiger partial charge >= 0.3 is 0 Å². The van der Waals surface area contributed by atoms with E-state index in [0.717, 1.165) is 31.7 Å². The van der Waals surface area contributed by atoms with Crippen molar-refractivity contribution in [1.29, 1.82) is 0 Å². The molecule has 0 aliphatic carbocycles. The Kier molecular flexibility index (Phi) is 4.51. The van der Waals surface area contributed by atoms with Gasteiger partial charge in [0.05, 0.1) is 6.61 Å². The summed E-state index contributed by atoms with van der Waals surface area (Å²) in [6.45, 7) is 4.75. The molecule has 0 bridgehead atoms. The van der Waals surface area contributed by atoms with Gasteiger partial charge in [-0.1, -0.05) is 12.1 Å². The lowest BCUT2D eigenvalue weighted by Gasteiger charge is -2.28. The first-order valence-electron chi connectivity index (χ1n) is 6.31. The molecule has 3 heteroatoms. The van der Waals surface area contributed by atoms with Crippen molar-refractivity contribution < 1.29 is 9.13 Å². The second-order valence-electron chi connectivity index (χ2n) is 4.77. The lowest BCUT2D eigenvalue weighted by Crippen LogP contribution is -2.37. The van der Waals surface area contributed by atoms with Crippen molar-refractivity contribution in [2.45, 2.75) is 32.4 Å². The fourth-order valence-electron chi connectivity index (χ4n) is 2.21. The van der Waals surface area contributed by atoms with Gasteiger partial charge in [-0.15, -0.1) is 0 Å². The zero-order valence-electron chi connectivity index (χ0n) is 10.3. The van der Waals surface area contributed by atoms with Crippen LogP contribution in [0.25, 0.3) is 0 Å². The Hall–Kier alpha value is -0.930. The van der Waals surface area contributed by atoms with Gasteiger partial charge in [-0.3, -0.25) is 0 Å². The zero-order chi connectivity index (χ0) is 12.1. The van der Waals surface area contributed by atoms with Crippen LogP contribution in [-0.4, -0.2) is 19.3 Å². The smallest absolute Gasteiger partial charge is 0.123 e. The maximum Gasteiger partial charge on any atom is 0.123 e. The lowest BCUT2D eigenvalue weighted by atomic mass is 9.95. The molecular formula is C14H20FNO. The van der Waals surface area contributed by atoms with Crippen LogP contribution >= 0.6 is 0 Å². The summed E-state index contributed by atoms with van der Waals surface area (Å²) in [7, 11) is 0. The van der Waals surface area contributed by atoms with Gasteiger partial charge in [-0.25, -0.2) is 4.39 Å². The van der Waals surface area contributed by atoms with Crippen LogP contribution in [0, 0.1) is 11.7 Å². The number of hydrogen-bond donors (Lipinski definition) is 1. The summed E-state index contributed by atoms with van der Waals surface area (Å²) in [6.07, 6.45) is 2.39. The first-order valence-corrected chi connectivity index (χ1v) is 6.31. The predicted octanol–water partition coefficient (Wildman–Crippen LogP) is 2.73. The molecule has 1 N–H and O–H groups in total. The second kappa shape index (κ2) is 6.12. The molecule has 94 valence electrons. The van der Waals surface area contributed by atoms with E-state index in [1.54, 1.807) is 0 Å². The van der Waals surface area contributed by atoms with E-state index >= 15 is 0 Å². The Morgan fingerprint density at radius 1 is 1.41 bits per heavy atom. The molecule has 1 aromatic carbocycles. The standard InChI is InChI=1S/C14H20FNO/c1-11(13-3-2-8-17-10-13)16-9-12-4-6-14(15)7-5-12/h4-7,11,13,16H,2-3,8-10H2,1H3/t11-,13-/m1/s1. The molecule has 2 rings (SSSR count). The van der Waals surface area contributed by atoms with E-state index in [1.807, 2.05) is 12.1 Å². The highest BCUT2D eigenvalue weighted by Gasteiger charge is 2.19. The van der Waals surface area contributed by atoms with Gasteiger partial charge in [0.25, 0.3) is 0 Å². The number of hydrogen-bond acceptors (Lipinski definition) is 2. The minimum absolute atomic E-state index is 0.178. The van der Waals surface area contributed by atoms with Gasteiger partial charge in [0, 0.05) is 19.2 Å². The topological polar surface area (TPSA) is 21.3 Å². The van der Waals surface area contributed by atoms with Crippen LogP contribution in [0.5, 0.6) is 0 Å². The molecule has 0 saturated carbocycles. The molecule has 1 heterocycles. The van der Waals surface area contributed by atoms with Crippen LogP contribution < -0.4 is 5.32 Å². The molecule has 0 spiro atoms. The predicted molar refractivity (Wildman–Crippen MR) is 66.2 cm³/mol. The number of nitrogens with one attached hydrogen (secondary N) is 1. The third-order valence-corrected chi connectivity index (χ3v) is 3.44. The summed E-state index contributed by atoms with van der Waals surface area (Å²) in [4.78, 5) is 0. The van der Waals surface area contributed by atoms with E-state index in [9.17, 15) is 4.39 Å². The Morgan fingerprint density at radius 2 is 2.18 bits per heavy atom. The fraction of sp³-hybridized carbons (Fsp3) is 0.571. The highest BCUT2D eigenvalue weighted by molar-refractivity contribution is 5.15. The monoisotopic (exact) mass is 237 g/mol. The van der Waals surface area contributed by atoms with E-state index in [-0.39, 0.29) is 5.82 Å². The van der Waals surface area contributed by atoms with Crippen molar-refractivity contribution in [3.8, 4) is 0 Å². The Balaban J connectivity index is 1.78. The maximum atomic E-state index is 12.7. The Labute approximate surface area is 102 Å². The summed E-state index contributed by atoms with van der Waals surface area (Å²) < 4.78 is 18.2. The molecule has 0 radical (unpaired) electrons. The number of ether oxygens (including phenoxy) is 1. The largest absolute Gasteiger partial charge is 0.381 e. The van der Waals surface area contributed by atoms with Crippen LogP contribution in [0.3, 0.4) is 0 Å². The van der Waals surface area contributed by atoms with Crippen molar-refractivity contribution in [2.24, 2.45) is 5.92 Å². The molecule has 17 heavy (non-hydrogen) atoms. The molecule has 0 amide bonds. The van der Waals surface area contributed by atoms with E-state index in [1.165, 1.54) is 18.6 Å². The second-order valence-corrected chi connectivity index (χ2v) is 4.77. The minimum atomic E-state index is -0.178. The molecule has 1 saturated heterocycles. The zero-order valence-corrected chi connectivity index (χ0v) is 10.3. The average Bonchev–Trinajstić information content (AvgIpc) is 2.39. The molecule has 2 atom stereocenters. The highest BCUT2D eigenvalue weighted by Crippen LogP contribution is 2.17. The van der Waals surface area contributed by atoms with Crippen molar-refractivity contribution in [3.63, 3.8) is 0 Å². The maximum absolute atomic E-state index is 12.7. The molecule has 1 aromatic rings. The van der Waals surface area contributed by atoms with Gasteiger partial charge < -0.3 is 10.1 Å². The van der Waals surface area contributed by atoms with E-state index in [4.69, 9.17) is 4.74 Å². The van der Waals surface area contributed by atoms with Crippen LogP contribution in [0.1, 0.15) is 25.3 Å². The van der Waals surface area contributed by atoms with Gasteiger partial charge in [0.15, 0.2) is 0 Å². The van der Waals surface area contributed by atoms with Gasteiger partial charge in [-0.05, 0) is 43.4 Å². The van der Waals surface area contributed by atoms with Crippen molar-refractivity contribution in [1.82, 2.24) is 5.32 Å². The summed E-state index contributed by atoms with van der Waals surface area (Å²) >= 11 is 0. The van der Waals surface area contributed by atoms with Gasteiger partial charge in [-0.2, -0.15) is 0 Å². The minimum Gasteiger partial charge on any atom is -0.381 e. The summed E-state index contributed by atoms with van der Waals surface area (Å²) in [5.41, 5.74) is 1.12. The fourth-order valence-corrected chi connectivity index (χ4v) is 2.21. The molecule has 1 aliphatic rings. The summed E-state index contributed by atoms with van der Waals surface area (Å²) in [5.74, 6) is 0.423. The first-order chi connectivity index (χ1) is 8.25. The quantitative estimate of drug-likeness (QED) is 0.869. The van der Waals surface area contributed by atoms with E-state index in [2.05, 4.69) is 12.2 Å². The molecule has 1 fully saturated rings. The van der Waals surface area contributed by atoms with E-state index < -0.39 is 0 Å². The molecule has 0 unspecified atom stereocenters. The number of halogens is 1. The molecular weight excluding hydrogens is 217 g/mol. The highest BCUT2D eigenvalue weighted by atomic mass is 19.1. The van der Waals surface area contributed by atoms with Crippen molar-refractivity contribution in [3.05, 3.63) is 35.6 Å². The third kappa shape index (κ3) is 3.79. The third-order valence-electron chi connectivity index (χ3n) is 3.44. The van der Waals surface area contributed by atoms with Crippen LogP contribution in [-0.2, 0) is 11.3 Å². The summed E-state index contributed by atoms with van der Waals surface area (Å²) in [6, 6.07) is 7.11. The molecule has 2 nitrogen and oxygen atoms in total. The van der Waals surface area contributed by atoms with Crippen LogP contribution in [0.4, 0.5) is 4.39 Å². The van der Waals surface area contributed by atoms with Crippen LogP contribution in [0.15, 0.2) is 24.3 Å². The Bertz CT molecular complexity index is 333. The number of rotatable bonds is 4. The number of benzene rings is 1. The SMILES string of the molecule is C[C@@H](NCc1ccc(F)cc1)[C@@H]1CCCOC1. The van der Waals surface area contributed by atoms with E-state index in [0.29, 0.717) is 12.0 Å². The van der Waals surface area contributed by atoms with Crippen LogP contribution in [0.2, 0.25) is 0 Å². The molecule has 1 aliphatic heterocycles. The lowest BCUT2D eigenvalue weighted by molar-refractivity contribution is 0.0417. The average molecular weight is 237 g/mol. The van der Waals surface area contributed by atoms with Gasteiger partial charge in [0.2, 0.25) is 0 Å². The normalized spacial score (nSPS) is 22.4. The van der Waals surface area contributed by atoms with Crippen molar-refractivity contribution in [2.75, 3.05) is 13.2 Å². The summed E-state index contributed by atoms with van der Waals surface area (Å²) in [5, 5.41) is 3.49. The van der Waals surface area contributed by atoms with Crippen molar-refractivity contribution >= 4 is 0 Å². The van der Waals surface area contributed by atoms with Gasteiger partial charge in [0.1, 0.15) is 5.82 Å². The first kappa shape index (κ1) is 12.5. The molecule has 0 aromatic heterocycles. The Morgan fingerprint density at radius 3 is 2.82 bits per heavy atom.